The zero-order valence-corrected chi connectivity index (χ0v) is 15.2. The molecule has 6 rings (SSSR count). The Hall–Kier alpha value is -1.85. The van der Waals surface area contributed by atoms with Crippen molar-refractivity contribution < 1.29 is 9.59 Å². The van der Waals surface area contributed by atoms with Crippen molar-refractivity contribution in [3.63, 3.8) is 0 Å². The molecule has 5 fully saturated rings. The van der Waals surface area contributed by atoms with Crippen molar-refractivity contribution in [1.29, 1.82) is 0 Å². The Morgan fingerprint density at radius 3 is 2.50 bits per heavy atom. The van der Waals surface area contributed by atoms with Gasteiger partial charge in [-0.2, -0.15) is 0 Å². The summed E-state index contributed by atoms with van der Waals surface area (Å²) in [4.78, 5) is 35.4. The Labute approximate surface area is 154 Å². The highest BCUT2D eigenvalue weighted by molar-refractivity contribution is 5.91. The van der Waals surface area contributed by atoms with Crippen LogP contribution in [0.3, 0.4) is 0 Å². The molecule has 5 aliphatic rings. The molecule has 2 heterocycles. The highest BCUT2D eigenvalue weighted by atomic mass is 16.2. The molecule has 140 valence electrons. The van der Waals surface area contributed by atoms with E-state index in [2.05, 4.69) is 15.3 Å². The minimum Gasteiger partial charge on any atom is -0.347 e. The zero-order valence-electron chi connectivity index (χ0n) is 15.2. The molecule has 26 heavy (non-hydrogen) atoms. The van der Waals surface area contributed by atoms with Crippen molar-refractivity contribution in [3.05, 3.63) is 18.2 Å². The van der Waals surface area contributed by atoms with Gasteiger partial charge in [0.15, 0.2) is 0 Å². The van der Waals surface area contributed by atoms with Gasteiger partial charge in [-0.1, -0.05) is 0 Å². The van der Waals surface area contributed by atoms with E-state index in [0.29, 0.717) is 6.54 Å². The third kappa shape index (κ3) is 2.65. The molecule has 0 aromatic carbocycles. The van der Waals surface area contributed by atoms with Crippen LogP contribution in [0, 0.1) is 23.2 Å². The summed E-state index contributed by atoms with van der Waals surface area (Å²) >= 11 is 0. The molecule has 4 aliphatic carbocycles. The fourth-order valence-corrected chi connectivity index (χ4v) is 6.64. The van der Waals surface area contributed by atoms with Gasteiger partial charge < -0.3 is 15.2 Å². The predicted octanol–water partition coefficient (Wildman–Crippen LogP) is 2.23. The summed E-state index contributed by atoms with van der Waals surface area (Å²) in [5.74, 6) is 3.25. The molecule has 2 amide bonds. The van der Waals surface area contributed by atoms with E-state index in [9.17, 15) is 9.59 Å². The fraction of sp³-hybridized carbons (Fsp3) is 0.750. The van der Waals surface area contributed by atoms with Gasteiger partial charge in [0.2, 0.25) is 11.8 Å². The first-order valence-corrected chi connectivity index (χ1v) is 10.2. The maximum absolute atomic E-state index is 13.6. The summed E-state index contributed by atoms with van der Waals surface area (Å²) in [6, 6.07) is -0.300. The molecule has 6 heteroatoms. The maximum atomic E-state index is 13.6. The number of hydrogen-bond donors (Lipinski definition) is 2. The Kier molecular flexibility index (Phi) is 3.83. The summed E-state index contributed by atoms with van der Waals surface area (Å²) < 4.78 is 0. The van der Waals surface area contributed by atoms with Crippen molar-refractivity contribution in [2.75, 3.05) is 6.54 Å². The Balaban J connectivity index is 1.29. The molecular weight excluding hydrogens is 328 g/mol. The van der Waals surface area contributed by atoms with Crippen molar-refractivity contribution in [1.82, 2.24) is 20.2 Å². The first-order valence-electron chi connectivity index (χ1n) is 10.2. The quantitative estimate of drug-likeness (QED) is 0.868. The second kappa shape index (κ2) is 6.10. The van der Waals surface area contributed by atoms with Crippen molar-refractivity contribution in [2.24, 2.45) is 23.2 Å². The molecule has 0 radical (unpaired) electrons. The number of hydrogen-bond acceptors (Lipinski definition) is 3. The Morgan fingerprint density at radius 2 is 1.88 bits per heavy atom. The van der Waals surface area contributed by atoms with Gasteiger partial charge in [0.05, 0.1) is 12.0 Å². The normalized spacial score (nSPS) is 37.9. The number of imidazole rings is 1. The monoisotopic (exact) mass is 356 g/mol. The van der Waals surface area contributed by atoms with E-state index in [0.717, 1.165) is 62.2 Å². The number of amides is 2. The molecule has 1 aromatic heterocycles. The smallest absolute Gasteiger partial charge is 0.243 e. The van der Waals surface area contributed by atoms with Crippen LogP contribution >= 0.6 is 0 Å². The van der Waals surface area contributed by atoms with Crippen LogP contribution in [-0.4, -0.2) is 39.3 Å². The Bertz CT molecular complexity index is 663. The van der Waals surface area contributed by atoms with Crippen molar-refractivity contribution in [2.45, 2.75) is 64.0 Å². The van der Waals surface area contributed by atoms with Gasteiger partial charge in [-0.05, 0) is 69.1 Å². The Morgan fingerprint density at radius 1 is 1.19 bits per heavy atom. The van der Waals surface area contributed by atoms with Crippen molar-refractivity contribution in [3.8, 4) is 0 Å². The number of likely N-dealkylation sites (tertiary alicyclic amines) is 1. The van der Waals surface area contributed by atoms with Crippen LogP contribution in [0.25, 0.3) is 0 Å². The fourth-order valence-electron chi connectivity index (χ4n) is 6.64. The predicted molar refractivity (Wildman–Crippen MR) is 95.8 cm³/mol. The summed E-state index contributed by atoms with van der Waals surface area (Å²) in [5.41, 5.74) is -0.154. The summed E-state index contributed by atoms with van der Waals surface area (Å²) in [6.45, 7) is 1.13. The number of aromatic nitrogens is 2. The third-order valence-corrected chi connectivity index (χ3v) is 7.29. The van der Waals surface area contributed by atoms with E-state index < -0.39 is 0 Å². The molecule has 1 aliphatic heterocycles. The van der Waals surface area contributed by atoms with Gasteiger partial charge in [-0.3, -0.25) is 9.59 Å². The minimum atomic E-state index is -0.300. The largest absolute Gasteiger partial charge is 0.347 e. The molecule has 6 nitrogen and oxygen atoms in total. The lowest BCUT2D eigenvalue weighted by atomic mass is 9.49. The van der Waals surface area contributed by atoms with Crippen LogP contribution in [0.5, 0.6) is 0 Å². The van der Waals surface area contributed by atoms with Crippen LogP contribution in [0.15, 0.2) is 12.4 Å². The van der Waals surface area contributed by atoms with Crippen LogP contribution in [-0.2, 0) is 16.1 Å². The molecule has 4 saturated carbocycles. The number of carbonyl (C=O) groups excluding carboxylic acids is 2. The first-order chi connectivity index (χ1) is 12.6. The van der Waals surface area contributed by atoms with Gasteiger partial charge in [0.25, 0.3) is 0 Å². The number of carbonyl (C=O) groups is 2. The molecule has 0 spiro atoms. The zero-order chi connectivity index (χ0) is 17.7. The van der Waals surface area contributed by atoms with E-state index >= 15 is 0 Å². The van der Waals surface area contributed by atoms with Gasteiger partial charge in [0.1, 0.15) is 11.9 Å². The molecule has 2 N–H and O–H groups in total. The molecule has 1 unspecified atom stereocenters. The summed E-state index contributed by atoms with van der Waals surface area (Å²) in [6.07, 6.45) is 12.3. The molecule has 1 aromatic rings. The minimum absolute atomic E-state index is 0.0306. The van der Waals surface area contributed by atoms with Crippen molar-refractivity contribution >= 4 is 11.8 Å². The lowest BCUT2D eigenvalue weighted by Crippen LogP contribution is -2.57. The summed E-state index contributed by atoms with van der Waals surface area (Å²) in [5, 5.41) is 2.96. The standard InChI is InChI=1S/C20H28N4O2/c25-18(23-12-17-21-3-4-22-17)16-2-1-5-24(16)19(26)20-9-13-6-14(10-20)8-15(7-13)11-20/h3-4,13-16H,1-2,5-12H2,(H,21,22)(H,23,25). The van der Waals surface area contributed by atoms with Gasteiger partial charge in [-0.25, -0.2) is 4.98 Å². The van der Waals surface area contributed by atoms with Gasteiger partial charge >= 0.3 is 0 Å². The average Bonchev–Trinajstić information content (AvgIpc) is 3.29. The highest BCUT2D eigenvalue weighted by Gasteiger charge is 2.56. The second-order valence-electron chi connectivity index (χ2n) is 9.11. The van der Waals surface area contributed by atoms with E-state index in [4.69, 9.17) is 0 Å². The molecule has 1 saturated heterocycles. The molecular formula is C20H28N4O2. The number of aromatic amines is 1. The van der Waals surface area contributed by atoms with E-state index in [1.807, 2.05) is 4.90 Å². The lowest BCUT2D eigenvalue weighted by Gasteiger charge is -2.56. The number of nitrogens with one attached hydrogen (secondary N) is 2. The number of nitrogens with zero attached hydrogens (tertiary/aromatic N) is 2. The lowest BCUT2D eigenvalue weighted by molar-refractivity contribution is -0.160. The summed E-state index contributed by atoms with van der Waals surface area (Å²) in [7, 11) is 0. The van der Waals surface area contributed by atoms with E-state index in [-0.39, 0.29) is 23.3 Å². The second-order valence-corrected chi connectivity index (χ2v) is 9.11. The number of H-pyrrole nitrogens is 1. The van der Waals surface area contributed by atoms with E-state index in [1.54, 1.807) is 12.4 Å². The van der Waals surface area contributed by atoms with Crippen LogP contribution < -0.4 is 5.32 Å². The maximum Gasteiger partial charge on any atom is 0.243 e. The SMILES string of the molecule is O=C(NCc1ncc[nH]1)C1CCCN1C(=O)C12CC3CC(CC(C3)C1)C2. The topological polar surface area (TPSA) is 78.1 Å². The highest BCUT2D eigenvalue weighted by Crippen LogP contribution is 2.60. The third-order valence-electron chi connectivity index (χ3n) is 7.29. The van der Waals surface area contributed by atoms with Crippen LogP contribution in [0.4, 0.5) is 0 Å². The molecule has 4 bridgehead atoms. The van der Waals surface area contributed by atoms with E-state index in [1.165, 1.54) is 19.3 Å². The van der Waals surface area contributed by atoms with Gasteiger partial charge in [-0.15, -0.1) is 0 Å². The number of rotatable bonds is 4. The van der Waals surface area contributed by atoms with Crippen LogP contribution in [0.2, 0.25) is 0 Å². The van der Waals surface area contributed by atoms with Crippen LogP contribution in [0.1, 0.15) is 57.2 Å². The average molecular weight is 356 g/mol. The van der Waals surface area contributed by atoms with Gasteiger partial charge in [0, 0.05) is 18.9 Å². The molecule has 1 atom stereocenters. The first kappa shape index (κ1) is 16.3.